The predicted molar refractivity (Wildman–Crippen MR) is 103 cm³/mol. The zero-order valence-corrected chi connectivity index (χ0v) is 15.6. The monoisotopic (exact) mass is 353 g/mol. The Bertz CT molecular complexity index is 716. The van der Waals surface area contributed by atoms with E-state index in [2.05, 4.69) is 29.4 Å². The average Bonchev–Trinajstić information content (AvgIpc) is 2.69. The molecule has 5 nitrogen and oxygen atoms in total. The summed E-state index contributed by atoms with van der Waals surface area (Å²) in [5.74, 6) is -0.305. The van der Waals surface area contributed by atoms with Crippen molar-refractivity contribution in [2.75, 3.05) is 20.1 Å². The molecule has 0 radical (unpaired) electrons. The molecule has 0 aliphatic carbocycles. The van der Waals surface area contributed by atoms with E-state index < -0.39 is 0 Å². The number of hydrogen-bond donors (Lipinski definition) is 1. The molecule has 0 saturated carbocycles. The molecule has 0 atom stereocenters. The molecule has 5 heteroatoms. The van der Waals surface area contributed by atoms with E-state index in [9.17, 15) is 9.59 Å². The van der Waals surface area contributed by atoms with Crippen LogP contribution in [0.5, 0.6) is 0 Å². The highest BCUT2D eigenvalue weighted by Gasteiger charge is 2.14. The molecule has 0 unspecified atom stereocenters. The summed E-state index contributed by atoms with van der Waals surface area (Å²) < 4.78 is 0. The smallest absolute Gasteiger partial charge is 0.255 e. The molecule has 0 fully saturated rings. The van der Waals surface area contributed by atoms with Crippen molar-refractivity contribution in [2.45, 2.75) is 32.6 Å². The number of nitrogens with one attached hydrogen (secondary N) is 1. The topological polar surface area (TPSA) is 62.3 Å². The number of aryl methyl sites for hydroxylation is 1. The van der Waals surface area contributed by atoms with Gasteiger partial charge in [0.25, 0.3) is 11.8 Å². The Morgan fingerprint density at radius 2 is 1.81 bits per heavy atom. The summed E-state index contributed by atoms with van der Waals surface area (Å²) in [5.41, 5.74) is 2.12. The molecular formula is C21H27N3O2. The highest BCUT2D eigenvalue weighted by atomic mass is 16.2. The van der Waals surface area contributed by atoms with Gasteiger partial charge in [-0.3, -0.25) is 14.6 Å². The fourth-order valence-corrected chi connectivity index (χ4v) is 2.64. The Hall–Kier alpha value is -2.69. The van der Waals surface area contributed by atoms with Crippen LogP contribution in [0.3, 0.4) is 0 Å². The number of benzene rings is 1. The molecule has 0 spiro atoms. The van der Waals surface area contributed by atoms with Crippen molar-refractivity contribution in [3.8, 4) is 0 Å². The maximum absolute atomic E-state index is 12.4. The Morgan fingerprint density at radius 1 is 1.08 bits per heavy atom. The molecule has 1 N–H and O–H groups in total. The van der Waals surface area contributed by atoms with Gasteiger partial charge in [-0.25, -0.2) is 0 Å². The van der Waals surface area contributed by atoms with Gasteiger partial charge in [0.05, 0.1) is 11.1 Å². The first-order valence-corrected chi connectivity index (χ1v) is 9.14. The van der Waals surface area contributed by atoms with Gasteiger partial charge in [-0.15, -0.1) is 0 Å². The molecule has 1 heterocycles. The maximum Gasteiger partial charge on any atom is 0.255 e. The molecule has 26 heavy (non-hydrogen) atoms. The van der Waals surface area contributed by atoms with Crippen LogP contribution >= 0.6 is 0 Å². The average molecular weight is 353 g/mol. The van der Waals surface area contributed by atoms with Gasteiger partial charge in [0.2, 0.25) is 0 Å². The molecule has 0 saturated heterocycles. The number of hydrogen-bond acceptors (Lipinski definition) is 3. The first kappa shape index (κ1) is 19.6. The fraction of sp³-hybridized carbons (Fsp3) is 0.381. The molecule has 0 aliphatic rings. The van der Waals surface area contributed by atoms with Gasteiger partial charge >= 0.3 is 0 Å². The summed E-state index contributed by atoms with van der Waals surface area (Å²) in [4.78, 5) is 30.4. The number of pyridine rings is 1. The normalized spacial score (nSPS) is 10.4. The van der Waals surface area contributed by atoms with Gasteiger partial charge in [-0.2, -0.15) is 0 Å². The van der Waals surface area contributed by atoms with Crippen molar-refractivity contribution < 1.29 is 9.59 Å². The quantitative estimate of drug-likeness (QED) is 0.704. The number of carbonyl (C=O) groups excluding carboxylic acids is 2. The van der Waals surface area contributed by atoms with E-state index >= 15 is 0 Å². The molecule has 0 aliphatic heterocycles. The zero-order valence-electron chi connectivity index (χ0n) is 15.6. The van der Waals surface area contributed by atoms with E-state index in [1.54, 1.807) is 18.0 Å². The molecule has 2 aromatic rings. The SMILES string of the molecule is CCCCN(C)C(=O)c1cncc(C(=O)NCCCc2ccccc2)c1. The molecule has 1 aromatic heterocycles. The van der Waals surface area contributed by atoms with Gasteiger partial charge in [0.1, 0.15) is 0 Å². The first-order valence-electron chi connectivity index (χ1n) is 9.14. The summed E-state index contributed by atoms with van der Waals surface area (Å²) in [6, 6.07) is 11.8. The van der Waals surface area contributed by atoms with E-state index in [-0.39, 0.29) is 11.8 Å². The van der Waals surface area contributed by atoms with Crippen LogP contribution in [-0.4, -0.2) is 41.8 Å². The highest BCUT2D eigenvalue weighted by Crippen LogP contribution is 2.07. The van der Waals surface area contributed by atoms with Crippen molar-refractivity contribution in [2.24, 2.45) is 0 Å². The summed E-state index contributed by atoms with van der Waals surface area (Å²) in [7, 11) is 1.77. The maximum atomic E-state index is 12.4. The molecular weight excluding hydrogens is 326 g/mol. The summed E-state index contributed by atoms with van der Waals surface area (Å²) in [6.07, 6.45) is 6.77. The van der Waals surface area contributed by atoms with Crippen LogP contribution in [0.15, 0.2) is 48.8 Å². The van der Waals surface area contributed by atoms with E-state index in [1.165, 1.54) is 18.0 Å². The van der Waals surface area contributed by atoms with Crippen molar-refractivity contribution in [1.29, 1.82) is 0 Å². The fourth-order valence-electron chi connectivity index (χ4n) is 2.64. The second-order valence-corrected chi connectivity index (χ2v) is 6.39. The zero-order chi connectivity index (χ0) is 18.8. The molecule has 1 aromatic carbocycles. The molecule has 2 rings (SSSR count). The lowest BCUT2D eigenvalue weighted by Gasteiger charge is -2.16. The van der Waals surface area contributed by atoms with E-state index in [1.807, 2.05) is 18.2 Å². The number of rotatable bonds is 9. The summed E-state index contributed by atoms with van der Waals surface area (Å²) in [5, 5.41) is 2.90. The largest absolute Gasteiger partial charge is 0.352 e. The lowest BCUT2D eigenvalue weighted by Crippen LogP contribution is -2.29. The second-order valence-electron chi connectivity index (χ2n) is 6.39. The molecule has 0 bridgehead atoms. The summed E-state index contributed by atoms with van der Waals surface area (Å²) >= 11 is 0. The number of unbranched alkanes of at least 4 members (excludes halogenated alkanes) is 1. The van der Waals surface area contributed by atoms with Gasteiger partial charge in [-0.1, -0.05) is 43.7 Å². The predicted octanol–water partition coefficient (Wildman–Crippen LogP) is 3.32. The number of aromatic nitrogens is 1. The van der Waals surface area contributed by atoms with Gasteiger partial charge in [0.15, 0.2) is 0 Å². The van der Waals surface area contributed by atoms with Crippen LogP contribution in [0.4, 0.5) is 0 Å². The minimum Gasteiger partial charge on any atom is -0.352 e. The van der Waals surface area contributed by atoms with Crippen LogP contribution < -0.4 is 5.32 Å². The van der Waals surface area contributed by atoms with Crippen molar-refractivity contribution in [3.05, 3.63) is 65.5 Å². The lowest BCUT2D eigenvalue weighted by molar-refractivity contribution is 0.0793. The van der Waals surface area contributed by atoms with Gasteiger partial charge in [0, 0.05) is 32.5 Å². The van der Waals surface area contributed by atoms with E-state index in [0.29, 0.717) is 24.2 Å². The Kier molecular flexibility index (Phi) is 7.80. The molecule has 2 amide bonds. The van der Waals surface area contributed by atoms with Crippen molar-refractivity contribution in [3.63, 3.8) is 0 Å². The van der Waals surface area contributed by atoms with Crippen molar-refractivity contribution in [1.82, 2.24) is 15.2 Å². The standard InChI is InChI=1S/C21H27N3O2/c1-3-4-13-24(2)21(26)19-14-18(15-22-16-19)20(25)23-12-8-11-17-9-6-5-7-10-17/h5-7,9-10,14-16H,3-4,8,11-13H2,1-2H3,(H,23,25). The van der Waals surface area contributed by atoms with Gasteiger partial charge < -0.3 is 10.2 Å². The van der Waals surface area contributed by atoms with Crippen LogP contribution in [0.1, 0.15) is 52.5 Å². The van der Waals surface area contributed by atoms with Gasteiger partial charge in [-0.05, 0) is 30.9 Å². The molecule has 138 valence electrons. The van der Waals surface area contributed by atoms with Crippen molar-refractivity contribution >= 4 is 11.8 Å². The highest BCUT2D eigenvalue weighted by molar-refractivity contribution is 5.99. The van der Waals surface area contributed by atoms with Crippen LogP contribution in [-0.2, 0) is 6.42 Å². The number of carbonyl (C=O) groups is 2. The summed E-state index contributed by atoms with van der Waals surface area (Å²) in [6.45, 7) is 3.37. The van der Waals surface area contributed by atoms with Crippen LogP contribution in [0, 0.1) is 0 Å². The van der Waals surface area contributed by atoms with E-state index in [0.717, 1.165) is 25.7 Å². The number of nitrogens with zero attached hydrogens (tertiary/aromatic N) is 2. The number of amides is 2. The Morgan fingerprint density at radius 3 is 2.54 bits per heavy atom. The second kappa shape index (κ2) is 10.3. The third kappa shape index (κ3) is 5.99. The minimum atomic E-state index is -0.198. The lowest BCUT2D eigenvalue weighted by atomic mass is 10.1. The van der Waals surface area contributed by atoms with Crippen LogP contribution in [0.2, 0.25) is 0 Å². The first-order chi connectivity index (χ1) is 12.6. The van der Waals surface area contributed by atoms with Crippen LogP contribution in [0.25, 0.3) is 0 Å². The third-order valence-corrected chi connectivity index (χ3v) is 4.21. The van der Waals surface area contributed by atoms with E-state index in [4.69, 9.17) is 0 Å². The Labute approximate surface area is 155 Å². The third-order valence-electron chi connectivity index (χ3n) is 4.21. The minimum absolute atomic E-state index is 0.107. The Balaban J connectivity index is 1.86.